The topological polar surface area (TPSA) is 43.2 Å². The summed E-state index contributed by atoms with van der Waals surface area (Å²) in [5.41, 5.74) is 1.08. The fourth-order valence-electron chi connectivity index (χ4n) is 3.22. The molecule has 0 aliphatic carbocycles. The summed E-state index contributed by atoms with van der Waals surface area (Å²) in [6.07, 6.45) is 2.43. The molecule has 1 fully saturated rings. The lowest BCUT2D eigenvalue weighted by molar-refractivity contribution is 0.299. The third-order valence-corrected chi connectivity index (χ3v) is 4.48. The standard InChI is InChI=1S/C20H22N4O/c1-3-9-17(10-4-1)19-21-22-20(23-13-7-8-14-23)24(19)15-16-25-18-11-5-2-6-12-18/h1-6,9-12H,7-8,13-16H2. The highest BCUT2D eigenvalue weighted by Crippen LogP contribution is 2.25. The highest BCUT2D eigenvalue weighted by molar-refractivity contribution is 5.57. The Morgan fingerprint density at radius 2 is 1.52 bits per heavy atom. The zero-order chi connectivity index (χ0) is 16.9. The van der Waals surface area contributed by atoms with Crippen LogP contribution in [-0.2, 0) is 6.54 Å². The summed E-state index contributed by atoms with van der Waals surface area (Å²) in [7, 11) is 0. The first-order chi connectivity index (χ1) is 12.4. The Morgan fingerprint density at radius 1 is 0.840 bits per heavy atom. The van der Waals surface area contributed by atoms with Crippen molar-refractivity contribution in [3.8, 4) is 17.1 Å². The number of rotatable bonds is 6. The van der Waals surface area contributed by atoms with Gasteiger partial charge in [-0.05, 0) is 25.0 Å². The van der Waals surface area contributed by atoms with E-state index in [0.717, 1.165) is 42.7 Å². The van der Waals surface area contributed by atoms with E-state index in [2.05, 4.69) is 31.8 Å². The molecule has 0 atom stereocenters. The molecule has 5 heteroatoms. The van der Waals surface area contributed by atoms with Gasteiger partial charge in [-0.25, -0.2) is 0 Å². The average molecular weight is 334 g/mol. The van der Waals surface area contributed by atoms with Gasteiger partial charge < -0.3 is 9.64 Å². The van der Waals surface area contributed by atoms with E-state index in [0.29, 0.717) is 6.61 Å². The van der Waals surface area contributed by atoms with Gasteiger partial charge in [-0.15, -0.1) is 10.2 Å². The first kappa shape index (κ1) is 15.7. The molecule has 0 bridgehead atoms. The molecule has 5 nitrogen and oxygen atoms in total. The van der Waals surface area contributed by atoms with Gasteiger partial charge in [-0.2, -0.15) is 0 Å². The van der Waals surface area contributed by atoms with Gasteiger partial charge in [-0.3, -0.25) is 4.57 Å². The van der Waals surface area contributed by atoms with Crippen molar-refractivity contribution in [1.29, 1.82) is 0 Å². The molecule has 128 valence electrons. The molecular formula is C20H22N4O. The normalized spacial score (nSPS) is 14.0. The van der Waals surface area contributed by atoms with Crippen molar-refractivity contribution in [2.24, 2.45) is 0 Å². The molecule has 0 radical (unpaired) electrons. The van der Waals surface area contributed by atoms with Crippen LogP contribution in [0.25, 0.3) is 11.4 Å². The smallest absolute Gasteiger partial charge is 0.227 e. The van der Waals surface area contributed by atoms with E-state index in [1.165, 1.54) is 12.8 Å². The third-order valence-electron chi connectivity index (χ3n) is 4.48. The SMILES string of the molecule is c1ccc(OCCn2c(-c3ccccc3)nnc2N2CCCC2)cc1. The lowest BCUT2D eigenvalue weighted by Gasteiger charge is -2.18. The van der Waals surface area contributed by atoms with Crippen LogP contribution in [0, 0.1) is 0 Å². The summed E-state index contributed by atoms with van der Waals surface area (Å²) < 4.78 is 8.08. The van der Waals surface area contributed by atoms with Crippen LogP contribution in [-0.4, -0.2) is 34.5 Å². The van der Waals surface area contributed by atoms with Gasteiger partial charge in [0.25, 0.3) is 0 Å². The molecule has 0 unspecified atom stereocenters. The Kier molecular flexibility index (Phi) is 4.63. The summed E-state index contributed by atoms with van der Waals surface area (Å²) in [6.45, 7) is 3.40. The predicted octanol–water partition coefficient (Wildman–Crippen LogP) is 3.62. The van der Waals surface area contributed by atoms with Gasteiger partial charge in [0.05, 0.1) is 6.54 Å². The second-order valence-corrected chi connectivity index (χ2v) is 6.20. The van der Waals surface area contributed by atoms with E-state index in [1.807, 2.05) is 48.5 Å². The van der Waals surface area contributed by atoms with Crippen molar-refractivity contribution >= 4 is 5.95 Å². The van der Waals surface area contributed by atoms with Crippen molar-refractivity contribution in [1.82, 2.24) is 14.8 Å². The summed E-state index contributed by atoms with van der Waals surface area (Å²) in [6, 6.07) is 20.2. The molecule has 1 aromatic heterocycles. The van der Waals surface area contributed by atoms with E-state index in [9.17, 15) is 0 Å². The van der Waals surface area contributed by atoms with Gasteiger partial charge >= 0.3 is 0 Å². The Balaban J connectivity index is 1.57. The second-order valence-electron chi connectivity index (χ2n) is 6.20. The van der Waals surface area contributed by atoms with E-state index in [-0.39, 0.29) is 0 Å². The van der Waals surface area contributed by atoms with Crippen molar-refractivity contribution < 1.29 is 4.74 Å². The maximum absolute atomic E-state index is 5.89. The van der Waals surface area contributed by atoms with Gasteiger partial charge in [0.15, 0.2) is 5.82 Å². The van der Waals surface area contributed by atoms with Gasteiger partial charge in [0, 0.05) is 18.7 Å². The zero-order valence-electron chi connectivity index (χ0n) is 14.2. The molecule has 0 spiro atoms. The quantitative estimate of drug-likeness (QED) is 0.690. The van der Waals surface area contributed by atoms with Crippen LogP contribution in [0.1, 0.15) is 12.8 Å². The number of benzene rings is 2. The molecule has 1 aliphatic rings. The molecule has 0 N–H and O–H groups in total. The van der Waals surface area contributed by atoms with Crippen molar-refractivity contribution in [3.05, 3.63) is 60.7 Å². The Morgan fingerprint density at radius 3 is 2.24 bits per heavy atom. The number of hydrogen-bond donors (Lipinski definition) is 0. The highest BCUT2D eigenvalue weighted by Gasteiger charge is 2.21. The van der Waals surface area contributed by atoms with E-state index >= 15 is 0 Å². The van der Waals surface area contributed by atoms with Gasteiger partial charge in [0.2, 0.25) is 5.95 Å². The molecule has 2 aromatic carbocycles. The van der Waals surface area contributed by atoms with E-state index < -0.39 is 0 Å². The second kappa shape index (κ2) is 7.38. The molecule has 25 heavy (non-hydrogen) atoms. The fraction of sp³-hybridized carbons (Fsp3) is 0.300. The minimum absolute atomic E-state index is 0.586. The van der Waals surface area contributed by atoms with Crippen molar-refractivity contribution in [3.63, 3.8) is 0 Å². The molecule has 0 saturated carbocycles. The lowest BCUT2D eigenvalue weighted by Crippen LogP contribution is -2.23. The van der Waals surface area contributed by atoms with Gasteiger partial charge in [0.1, 0.15) is 12.4 Å². The lowest BCUT2D eigenvalue weighted by atomic mass is 10.2. The highest BCUT2D eigenvalue weighted by atomic mass is 16.5. The number of ether oxygens (including phenoxy) is 1. The zero-order valence-corrected chi connectivity index (χ0v) is 14.2. The largest absolute Gasteiger partial charge is 0.492 e. The van der Waals surface area contributed by atoms with Crippen LogP contribution in [0.2, 0.25) is 0 Å². The molecule has 2 heterocycles. The maximum Gasteiger partial charge on any atom is 0.227 e. The number of aromatic nitrogens is 3. The van der Waals surface area contributed by atoms with Crippen LogP contribution in [0.15, 0.2) is 60.7 Å². The Hall–Kier alpha value is -2.82. The Bertz CT molecular complexity index is 795. The minimum Gasteiger partial charge on any atom is -0.492 e. The first-order valence-electron chi connectivity index (χ1n) is 8.83. The number of para-hydroxylation sites is 1. The number of anilines is 1. The monoisotopic (exact) mass is 334 g/mol. The van der Waals surface area contributed by atoms with Crippen molar-refractivity contribution in [2.45, 2.75) is 19.4 Å². The van der Waals surface area contributed by atoms with Crippen molar-refractivity contribution in [2.75, 3.05) is 24.6 Å². The van der Waals surface area contributed by atoms with Crippen LogP contribution in [0.5, 0.6) is 5.75 Å². The fourth-order valence-corrected chi connectivity index (χ4v) is 3.22. The maximum atomic E-state index is 5.89. The van der Waals surface area contributed by atoms with Crippen LogP contribution >= 0.6 is 0 Å². The molecule has 3 aromatic rings. The molecule has 1 saturated heterocycles. The van der Waals surface area contributed by atoms with Crippen LogP contribution < -0.4 is 9.64 Å². The van der Waals surface area contributed by atoms with Gasteiger partial charge in [-0.1, -0.05) is 48.5 Å². The molecular weight excluding hydrogens is 312 g/mol. The number of hydrogen-bond acceptors (Lipinski definition) is 4. The van der Waals surface area contributed by atoms with Crippen LogP contribution in [0.4, 0.5) is 5.95 Å². The van der Waals surface area contributed by atoms with E-state index in [4.69, 9.17) is 4.74 Å². The predicted molar refractivity (Wildman–Crippen MR) is 98.8 cm³/mol. The molecule has 4 rings (SSSR count). The summed E-state index contributed by atoms with van der Waals surface area (Å²) in [5.74, 6) is 2.74. The minimum atomic E-state index is 0.586. The third kappa shape index (κ3) is 3.50. The molecule has 1 aliphatic heterocycles. The summed E-state index contributed by atoms with van der Waals surface area (Å²) >= 11 is 0. The summed E-state index contributed by atoms with van der Waals surface area (Å²) in [4.78, 5) is 2.32. The van der Waals surface area contributed by atoms with Crippen LogP contribution in [0.3, 0.4) is 0 Å². The number of nitrogens with zero attached hydrogens (tertiary/aromatic N) is 4. The Labute approximate surface area is 147 Å². The average Bonchev–Trinajstić information content (AvgIpc) is 3.33. The first-order valence-corrected chi connectivity index (χ1v) is 8.83. The van der Waals surface area contributed by atoms with E-state index in [1.54, 1.807) is 0 Å². The summed E-state index contributed by atoms with van der Waals surface area (Å²) in [5, 5.41) is 8.96. The molecule has 0 amide bonds.